The van der Waals surface area contributed by atoms with Crippen molar-refractivity contribution in [1.82, 2.24) is 9.97 Å². The monoisotopic (exact) mass is 437 g/mol. The first-order valence-electron chi connectivity index (χ1n) is 10.6. The average Bonchev–Trinajstić information content (AvgIpc) is 2.78. The van der Waals surface area contributed by atoms with Crippen molar-refractivity contribution < 1.29 is 19.0 Å². The van der Waals surface area contributed by atoms with Gasteiger partial charge < -0.3 is 14.7 Å². The molecule has 0 unspecified atom stereocenters. The Labute approximate surface area is 187 Å². The van der Waals surface area contributed by atoms with Crippen LogP contribution in [0, 0.1) is 5.82 Å². The minimum Gasteiger partial charge on any atom is -0.478 e. The van der Waals surface area contributed by atoms with E-state index in [0.717, 1.165) is 29.5 Å². The van der Waals surface area contributed by atoms with Crippen molar-refractivity contribution >= 4 is 11.9 Å². The highest BCUT2D eigenvalue weighted by Gasteiger charge is 2.29. The number of carboxylic acids is 1. The minimum absolute atomic E-state index is 0.266. The Hall–Kier alpha value is -3.48. The second-order valence-electron chi connectivity index (χ2n) is 8.10. The Morgan fingerprint density at radius 1 is 1.00 bits per heavy atom. The summed E-state index contributed by atoms with van der Waals surface area (Å²) in [7, 11) is 0. The lowest BCUT2D eigenvalue weighted by molar-refractivity contribution is -0.152. The number of carboxylic acid groups (broad SMARTS) is 1. The largest absolute Gasteiger partial charge is 0.478 e. The van der Waals surface area contributed by atoms with Gasteiger partial charge in [-0.05, 0) is 67.6 Å². The van der Waals surface area contributed by atoms with Crippen LogP contribution in [-0.2, 0) is 24.2 Å². The molecule has 1 aromatic heterocycles. The van der Waals surface area contributed by atoms with Crippen molar-refractivity contribution in [1.29, 1.82) is 0 Å². The maximum absolute atomic E-state index is 13.3. The number of halogens is 1. The van der Waals surface area contributed by atoms with Crippen molar-refractivity contribution in [3.63, 3.8) is 0 Å². The molecule has 168 valence electrons. The van der Waals surface area contributed by atoms with E-state index in [9.17, 15) is 14.3 Å². The Kier molecular flexibility index (Phi) is 7.41. The van der Waals surface area contributed by atoms with Crippen LogP contribution in [0.3, 0.4) is 0 Å². The molecule has 32 heavy (non-hydrogen) atoms. The maximum atomic E-state index is 13.3. The number of aryl methyl sites for hydroxylation is 1. The molecule has 3 aromatic rings. The van der Waals surface area contributed by atoms with Crippen LogP contribution in [0.25, 0.3) is 0 Å². The number of nitrogens with zero attached hydrogens (tertiary/aromatic N) is 3. The molecule has 0 fully saturated rings. The first-order valence-corrected chi connectivity index (χ1v) is 10.6. The number of aromatic nitrogens is 2. The molecular formula is C25H28FN3O3. The second kappa shape index (κ2) is 10.2. The van der Waals surface area contributed by atoms with E-state index in [1.165, 1.54) is 26.0 Å². The zero-order valence-electron chi connectivity index (χ0n) is 18.6. The van der Waals surface area contributed by atoms with Crippen LogP contribution in [0.4, 0.5) is 10.3 Å². The molecule has 0 saturated carbocycles. The van der Waals surface area contributed by atoms with Gasteiger partial charge in [-0.25, -0.2) is 19.2 Å². The summed E-state index contributed by atoms with van der Waals surface area (Å²) in [4.78, 5) is 22.3. The summed E-state index contributed by atoms with van der Waals surface area (Å²) < 4.78 is 18.9. The fourth-order valence-electron chi connectivity index (χ4n) is 3.08. The number of hydrogen-bond donors (Lipinski definition) is 1. The topological polar surface area (TPSA) is 75.6 Å². The molecule has 0 aliphatic heterocycles. The molecule has 1 heterocycles. The van der Waals surface area contributed by atoms with Gasteiger partial charge in [0.05, 0.1) is 0 Å². The van der Waals surface area contributed by atoms with Crippen molar-refractivity contribution in [2.45, 2.75) is 45.8 Å². The Morgan fingerprint density at radius 2 is 1.59 bits per heavy atom. The molecule has 0 saturated heterocycles. The summed E-state index contributed by atoms with van der Waals surface area (Å²) in [6.07, 6.45) is 5.25. The Balaban J connectivity index is 1.71. The third-order valence-electron chi connectivity index (χ3n) is 5.15. The molecule has 0 amide bonds. The number of hydrogen-bond acceptors (Lipinski definition) is 5. The van der Waals surface area contributed by atoms with E-state index in [2.05, 4.69) is 21.8 Å². The summed E-state index contributed by atoms with van der Waals surface area (Å²) in [5.74, 6) is -0.165. The Morgan fingerprint density at radius 3 is 2.16 bits per heavy atom. The van der Waals surface area contributed by atoms with Gasteiger partial charge in [0, 0.05) is 25.5 Å². The first kappa shape index (κ1) is 23.2. The second-order valence-corrected chi connectivity index (χ2v) is 8.10. The van der Waals surface area contributed by atoms with Gasteiger partial charge >= 0.3 is 5.97 Å². The zero-order valence-corrected chi connectivity index (χ0v) is 18.6. The Bertz CT molecular complexity index is 1020. The van der Waals surface area contributed by atoms with Crippen LogP contribution in [0.5, 0.6) is 5.75 Å². The lowest BCUT2D eigenvalue weighted by atomic mass is 10.1. The van der Waals surface area contributed by atoms with Crippen LogP contribution < -0.4 is 9.64 Å². The van der Waals surface area contributed by atoms with Gasteiger partial charge in [0.25, 0.3) is 0 Å². The number of carbonyl (C=O) groups is 1. The summed E-state index contributed by atoms with van der Waals surface area (Å²) >= 11 is 0. The van der Waals surface area contributed by atoms with Crippen molar-refractivity contribution in [2.75, 3.05) is 11.4 Å². The van der Waals surface area contributed by atoms with Crippen LogP contribution in [0.15, 0.2) is 60.9 Å². The van der Waals surface area contributed by atoms with Crippen molar-refractivity contribution in [2.24, 2.45) is 0 Å². The third kappa shape index (κ3) is 6.26. The third-order valence-corrected chi connectivity index (χ3v) is 5.15. The number of aliphatic carboxylic acids is 1. The normalized spacial score (nSPS) is 11.2. The van der Waals surface area contributed by atoms with Crippen molar-refractivity contribution in [3.8, 4) is 5.75 Å². The summed E-state index contributed by atoms with van der Waals surface area (Å²) in [6, 6.07) is 13.8. The highest BCUT2D eigenvalue weighted by molar-refractivity contribution is 5.76. The predicted molar refractivity (Wildman–Crippen MR) is 121 cm³/mol. The molecule has 3 rings (SSSR count). The summed E-state index contributed by atoms with van der Waals surface area (Å²) in [5, 5.41) is 9.22. The number of benzene rings is 2. The average molecular weight is 438 g/mol. The molecule has 0 bridgehead atoms. The molecule has 1 N–H and O–H groups in total. The van der Waals surface area contributed by atoms with Gasteiger partial charge in [-0.3, -0.25) is 0 Å². The maximum Gasteiger partial charge on any atom is 0.347 e. The van der Waals surface area contributed by atoms with Gasteiger partial charge in [0.1, 0.15) is 11.6 Å². The van der Waals surface area contributed by atoms with Crippen LogP contribution in [0.2, 0.25) is 0 Å². The van der Waals surface area contributed by atoms with Crippen LogP contribution >= 0.6 is 0 Å². The lowest BCUT2D eigenvalue weighted by Gasteiger charge is -2.23. The van der Waals surface area contributed by atoms with Gasteiger partial charge in [-0.1, -0.05) is 31.2 Å². The molecule has 0 aliphatic carbocycles. The van der Waals surface area contributed by atoms with E-state index in [4.69, 9.17) is 4.74 Å². The minimum atomic E-state index is -1.30. The van der Waals surface area contributed by atoms with Gasteiger partial charge in [-0.2, -0.15) is 0 Å². The van der Waals surface area contributed by atoms with E-state index in [-0.39, 0.29) is 5.82 Å². The fraction of sp³-hybridized carbons (Fsp3) is 0.320. The summed E-state index contributed by atoms with van der Waals surface area (Å²) in [6.45, 7) is 6.30. The molecule has 0 atom stereocenters. The molecule has 7 heteroatoms. The SMILES string of the molecule is CCc1cnc(N(CCc2ccc(OC(C)(C)C(=O)O)cc2)Cc2ccc(F)cc2)nc1. The molecule has 0 radical (unpaired) electrons. The van der Waals surface area contributed by atoms with Crippen LogP contribution in [-0.4, -0.2) is 33.2 Å². The van der Waals surface area contributed by atoms with Crippen molar-refractivity contribution in [3.05, 3.63) is 83.4 Å². The van der Waals surface area contributed by atoms with Gasteiger partial charge in [0.15, 0.2) is 5.60 Å². The predicted octanol–water partition coefficient (Wildman–Crippen LogP) is 4.67. The van der Waals surface area contributed by atoms with E-state index in [0.29, 0.717) is 24.8 Å². The highest BCUT2D eigenvalue weighted by atomic mass is 19.1. The quantitative estimate of drug-likeness (QED) is 0.497. The van der Waals surface area contributed by atoms with E-state index < -0.39 is 11.6 Å². The molecule has 0 aliphatic rings. The number of anilines is 1. The fourth-order valence-corrected chi connectivity index (χ4v) is 3.08. The standard InChI is InChI=1S/C25H28FN3O3/c1-4-18-15-27-24(28-16-18)29(17-20-5-9-21(26)10-6-20)14-13-19-7-11-22(12-8-19)32-25(2,3)23(30)31/h5-12,15-16H,4,13-14,17H2,1-3H3,(H,30,31). The van der Waals surface area contributed by atoms with Gasteiger partial charge in [-0.15, -0.1) is 0 Å². The molecule has 2 aromatic carbocycles. The van der Waals surface area contributed by atoms with Gasteiger partial charge in [0.2, 0.25) is 5.95 Å². The first-order chi connectivity index (χ1) is 15.3. The van der Waals surface area contributed by atoms with E-state index in [1.807, 2.05) is 24.5 Å². The van der Waals surface area contributed by atoms with E-state index in [1.54, 1.807) is 24.3 Å². The summed E-state index contributed by atoms with van der Waals surface area (Å²) in [5.41, 5.74) is 1.81. The number of ether oxygens (including phenoxy) is 1. The number of rotatable bonds is 10. The smallest absolute Gasteiger partial charge is 0.347 e. The molecule has 6 nitrogen and oxygen atoms in total. The van der Waals surface area contributed by atoms with Crippen LogP contribution in [0.1, 0.15) is 37.5 Å². The zero-order chi connectivity index (χ0) is 23.1. The molecular weight excluding hydrogens is 409 g/mol. The lowest BCUT2D eigenvalue weighted by Crippen LogP contribution is -2.37. The highest BCUT2D eigenvalue weighted by Crippen LogP contribution is 2.20. The molecule has 0 spiro atoms. The van der Waals surface area contributed by atoms with E-state index >= 15 is 0 Å².